The van der Waals surface area contributed by atoms with Crippen molar-refractivity contribution in [3.63, 3.8) is 0 Å². The summed E-state index contributed by atoms with van der Waals surface area (Å²) in [5, 5.41) is 4.04. The summed E-state index contributed by atoms with van der Waals surface area (Å²) in [6.07, 6.45) is 2.47. The van der Waals surface area contributed by atoms with Crippen LogP contribution in [0.1, 0.15) is 34.8 Å². The third-order valence-corrected chi connectivity index (χ3v) is 4.10. The molecule has 1 amide bonds. The lowest BCUT2D eigenvalue weighted by molar-refractivity contribution is 0.0951. The average molecular weight is 388 g/mol. The number of ether oxygens (including phenoxy) is 2. The van der Waals surface area contributed by atoms with Crippen LogP contribution in [0.2, 0.25) is 0 Å². The molecule has 3 aromatic rings. The first-order chi connectivity index (χ1) is 14.3. The first-order valence-corrected chi connectivity index (χ1v) is 9.58. The Morgan fingerprint density at radius 3 is 2.41 bits per heavy atom. The van der Waals surface area contributed by atoms with Crippen molar-refractivity contribution in [2.24, 2.45) is 5.10 Å². The predicted octanol–water partition coefficient (Wildman–Crippen LogP) is 4.82. The molecule has 0 heterocycles. The molecule has 0 fully saturated rings. The lowest BCUT2D eigenvalue weighted by Crippen LogP contribution is -2.18. The summed E-state index contributed by atoms with van der Waals surface area (Å²) in [7, 11) is 0. The molecule has 1 N–H and O–H groups in total. The highest BCUT2D eigenvalue weighted by molar-refractivity contribution is 5.97. The Labute approximate surface area is 171 Å². The lowest BCUT2D eigenvalue weighted by Gasteiger charge is -2.09. The van der Waals surface area contributed by atoms with Crippen molar-refractivity contribution in [1.82, 2.24) is 5.43 Å². The van der Waals surface area contributed by atoms with Crippen LogP contribution in [0.25, 0.3) is 0 Å². The molecule has 0 saturated heterocycles. The second-order valence-corrected chi connectivity index (χ2v) is 6.39. The number of nitrogens with zero attached hydrogens (tertiary/aromatic N) is 1. The van der Waals surface area contributed by atoms with Crippen LogP contribution in [0.4, 0.5) is 0 Å². The number of para-hydroxylation sites is 1. The van der Waals surface area contributed by atoms with Crippen LogP contribution in [-0.4, -0.2) is 18.7 Å². The fourth-order valence-electron chi connectivity index (χ4n) is 2.61. The minimum Gasteiger partial charge on any atom is -0.493 e. The van der Waals surface area contributed by atoms with Crippen LogP contribution in [0, 0.1) is 0 Å². The van der Waals surface area contributed by atoms with Gasteiger partial charge < -0.3 is 9.47 Å². The van der Waals surface area contributed by atoms with Crippen molar-refractivity contribution in [3.8, 4) is 11.5 Å². The normalized spacial score (nSPS) is 10.7. The number of benzene rings is 3. The van der Waals surface area contributed by atoms with Crippen molar-refractivity contribution in [1.29, 1.82) is 0 Å². The lowest BCUT2D eigenvalue weighted by atomic mass is 10.2. The Hall–Kier alpha value is -3.60. The van der Waals surface area contributed by atoms with Gasteiger partial charge in [0, 0.05) is 0 Å². The quantitative estimate of drug-likeness (QED) is 0.422. The van der Waals surface area contributed by atoms with E-state index in [0.717, 1.165) is 23.3 Å². The second kappa shape index (κ2) is 10.7. The summed E-state index contributed by atoms with van der Waals surface area (Å²) in [5.41, 5.74) is 4.98. The van der Waals surface area contributed by atoms with Gasteiger partial charge >= 0.3 is 0 Å². The number of nitrogens with one attached hydrogen (secondary N) is 1. The Morgan fingerprint density at radius 1 is 0.931 bits per heavy atom. The Morgan fingerprint density at radius 2 is 1.66 bits per heavy atom. The minimum absolute atomic E-state index is 0.309. The van der Waals surface area contributed by atoms with Crippen LogP contribution in [0.15, 0.2) is 84.0 Å². The van der Waals surface area contributed by atoms with E-state index >= 15 is 0 Å². The Kier molecular flexibility index (Phi) is 7.41. The first kappa shape index (κ1) is 20.1. The summed E-state index contributed by atoms with van der Waals surface area (Å²) in [6, 6.07) is 24.6. The minimum atomic E-state index is -0.309. The average Bonchev–Trinajstić information content (AvgIpc) is 2.78. The molecule has 3 rings (SSSR count). The van der Waals surface area contributed by atoms with Gasteiger partial charge in [0.25, 0.3) is 5.91 Å². The highest BCUT2D eigenvalue weighted by Gasteiger charge is 2.10. The van der Waals surface area contributed by atoms with Crippen LogP contribution >= 0.6 is 0 Å². The summed E-state index contributed by atoms with van der Waals surface area (Å²) in [6.45, 7) is 3.10. The molecule has 0 bridgehead atoms. The van der Waals surface area contributed by atoms with Crippen molar-refractivity contribution in [2.45, 2.75) is 20.0 Å². The number of hydrazone groups is 1. The number of amides is 1. The van der Waals surface area contributed by atoms with Gasteiger partial charge in [-0.05, 0) is 53.9 Å². The molecule has 0 aliphatic heterocycles. The summed E-state index contributed by atoms with van der Waals surface area (Å²) in [4.78, 5) is 12.4. The summed E-state index contributed by atoms with van der Waals surface area (Å²) in [5.74, 6) is 1.02. The maximum absolute atomic E-state index is 12.4. The zero-order valence-corrected chi connectivity index (χ0v) is 16.4. The monoisotopic (exact) mass is 388 g/mol. The maximum atomic E-state index is 12.4. The molecule has 148 valence electrons. The van der Waals surface area contributed by atoms with E-state index in [-0.39, 0.29) is 5.91 Å². The standard InChI is InChI=1S/C24H24N2O3/c1-2-16-28-23-11-7-6-10-22(23)24(27)26-25-17-19-12-14-21(15-13-19)29-18-20-8-4-3-5-9-20/h3-15,17H,2,16,18H2,1H3,(H,26,27). The van der Waals surface area contributed by atoms with E-state index in [2.05, 4.69) is 10.5 Å². The number of carbonyl (C=O) groups excluding carboxylic acids is 1. The van der Waals surface area contributed by atoms with Gasteiger partial charge in [-0.25, -0.2) is 5.43 Å². The Balaban J connectivity index is 1.53. The third kappa shape index (κ3) is 6.21. The topological polar surface area (TPSA) is 59.9 Å². The van der Waals surface area contributed by atoms with Gasteiger partial charge in [0.15, 0.2) is 0 Å². The fraction of sp³-hybridized carbons (Fsp3) is 0.167. The van der Waals surface area contributed by atoms with Crippen LogP contribution in [0.5, 0.6) is 11.5 Å². The molecule has 5 heteroatoms. The van der Waals surface area contributed by atoms with Gasteiger partial charge in [-0.15, -0.1) is 0 Å². The summed E-state index contributed by atoms with van der Waals surface area (Å²) >= 11 is 0. The summed E-state index contributed by atoms with van der Waals surface area (Å²) < 4.78 is 11.4. The number of hydrogen-bond acceptors (Lipinski definition) is 4. The van der Waals surface area contributed by atoms with E-state index < -0.39 is 0 Å². The van der Waals surface area contributed by atoms with E-state index in [4.69, 9.17) is 9.47 Å². The fourth-order valence-corrected chi connectivity index (χ4v) is 2.61. The van der Waals surface area contributed by atoms with E-state index in [1.807, 2.05) is 67.6 Å². The highest BCUT2D eigenvalue weighted by Crippen LogP contribution is 2.18. The van der Waals surface area contributed by atoms with Gasteiger partial charge in [0.1, 0.15) is 18.1 Å². The van der Waals surface area contributed by atoms with Crippen LogP contribution < -0.4 is 14.9 Å². The molecule has 0 unspecified atom stereocenters. The maximum Gasteiger partial charge on any atom is 0.275 e. The van der Waals surface area contributed by atoms with Crippen molar-refractivity contribution >= 4 is 12.1 Å². The smallest absolute Gasteiger partial charge is 0.275 e. The van der Waals surface area contributed by atoms with Gasteiger partial charge in [-0.2, -0.15) is 5.10 Å². The zero-order valence-electron chi connectivity index (χ0n) is 16.4. The van der Waals surface area contributed by atoms with Gasteiger partial charge in [0.05, 0.1) is 18.4 Å². The number of hydrogen-bond donors (Lipinski definition) is 1. The SMILES string of the molecule is CCCOc1ccccc1C(=O)NN=Cc1ccc(OCc2ccccc2)cc1. The molecule has 0 spiro atoms. The molecule has 3 aromatic carbocycles. The van der Waals surface area contributed by atoms with Crippen LogP contribution in [-0.2, 0) is 6.61 Å². The van der Waals surface area contributed by atoms with E-state index in [1.54, 1.807) is 24.4 Å². The van der Waals surface area contributed by atoms with Crippen molar-refractivity contribution in [2.75, 3.05) is 6.61 Å². The number of rotatable bonds is 9. The molecular formula is C24H24N2O3. The van der Waals surface area contributed by atoms with Crippen molar-refractivity contribution < 1.29 is 14.3 Å². The molecule has 0 aliphatic rings. The molecule has 29 heavy (non-hydrogen) atoms. The Bertz CT molecular complexity index is 938. The van der Waals surface area contributed by atoms with E-state index in [9.17, 15) is 4.79 Å². The highest BCUT2D eigenvalue weighted by atomic mass is 16.5. The zero-order chi connectivity index (χ0) is 20.3. The predicted molar refractivity (Wildman–Crippen MR) is 115 cm³/mol. The van der Waals surface area contributed by atoms with E-state index in [0.29, 0.717) is 24.5 Å². The molecule has 0 aliphatic carbocycles. The van der Waals surface area contributed by atoms with Gasteiger partial charge in [-0.1, -0.05) is 49.4 Å². The molecule has 0 aromatic heterocycles. The van der Waals surface area contributed by atoms with Gasteiger partial charge in [-0.3, -0.25) is 4.79 Å². The third-order valence-electron chi connectivity index (χ3n) is 4.10. The molecule has 0 atom stereocenters. The van der Waals surface area contributed by atoms with Gasteiger partial charge in [0.2, 0.25) is 0 Å². The molecule has 0 saturated carbocycles. The first-order valence-electron chi connectivity index (χ1n) is 9.58. The number of carbonyl (C=O) groups is 1. The molecule has 5 nitrogen and oxygen atoms in total. The molecule has 0 radical (unpaired) electrons. The second-order valence-electron chi connectivity index (χ2n) is 6.39. The van der Waals surface area contributed by atoms with Crippen molar-refractivity contribution in [3.05, 3.63) is 95.6 Å². The molecular weight excluding hydrogens is 364 g/mol. The van der Waals surface area contributed by atoms with E-state index in [1.165, 1.54) is 0 Å². The van der Waals surface area contributed by atoms with Crippen LogP contribution in [0.3, 0.4) is 0 Å². The largest absolute Gasteiger partial charge is 0.493 e.